The molecule has 20 heavy (non-hydrogen) atoms. The zero-order chi connectivity index (χ0) is 14.5. The Morgan fingerprint density at radius 1 is 1.10 bits per heavy atom. The molecule has 1 aromatic heterocycles. The Balaban J connectivity index is 2.33. The van der Waals surface area contributed by atoms with Gasteiger partial charge in [-0.3, -0.25) is 0 Å². The van der Waals surface area contributed by atoms with Crippen molar-refractivity contribution < 1.29 is 0 Å². The molecule has 0 aliphatic heterocycles. The van der Waals surface area contributed by atoms with Crippen molar-refractivity contribution in [3.05, 3.63) is 56.8 Å². The Morgan fingerprint density at radius 3 is 2.30 bits per heavy atom. The van der Waals surface area contributed by atoms with Crippen LogP contribution in [0, 0.1) is 13.8 Å². The SMILES string of the molecule is CCCNC(c1ccc(CC)cc1)c1cc(C)sc1C. The van der Waals surface area contributed by atoms with Gasteiger partial charge < -0.3 is 5.32 Å². The minimum Gasteiger partial charge on any atom is -0.306 e. The van der Waals surface area contributed by atoms with E-state index in [1.165, 1.54) is 26.4 Å². The molecule has 2 heteroatoms. The van der Waals surface area contributed by atoms with Crippen LogP contribution in [0.25, 0.3) is 0 Å². The van der Waals surface area contributed by atoms with Gasteiger partial charge in [-0.15, -0.1) is 11.3 Å². The predicted octanol–water partition coefficient (Wildman–Crippen LogP) is 5.02. The van der Waals surface area contributed by atoms with Crippen molar-refractivity contribution in [2.75, 3.05) is 6.54 Å². The van der Waals surface area contributed by atoms with Gasteiger partial charge in [0, 0.05) is 9.75 Å². The molecule has 2 rings (SSSR count). The van der Waals surface area contributed by atoms with Crippen molar-refractivity contribution in [1.82, 2.24) is 5.32 Å². The van der Waals surface area contributed by atoms with E-state index in [0.717, 1.165) is 19.4 Å². The molecule has 1 N–H and O–H groups in total. The summed E-state index contributed by atoms with van der Waals surface area (Å²) in [4.78, 5) is 2.82. The van der Waals surface area contributed by atoms with Gasteiger partial charge in [0.25, 0.3) is 0 Å². The van der Waals surface area contributed by atoms with Crippen LogP contribution in [-0.2, 0) is 6.42 Å². The maximum atomic E-state index is 3.70. The molecule has 1 unspecified atom stereocenters. The predicted molar refractivity (Wildman–Crippen MR) is 89.7 cm³/mol. The molecular weight excluding hydrogens is 262 g/mol. The van der Waals surface area contributed by atoms with Crippen molar-refractivity contribution in [3.63, 3.8) is 0 Å². The first-order valence-corrected chi connectivity index (χ1v) is 8.36. The summed E-state index contributed by atoms with van der Waals surface area (Å²) in [5.74, 6) is 0. The van der Waals surface area contributed by atoms with Crippen molar-refractivity contribution in [2.24, 2.45) is 0 Å². The van der Waals surface area contributed by atoms with Crippen LogP contribution in [0.2, 0.25) is 0 Å². The van der Waals surface area contributed by atoms with E-state index in [9.17, 15) is 0 Å². The minimum atomic E-state index is 0.325. The molecule has 0 fully saturated rings. The Morgan fingerprint density at radius 2 is 1.80 bits per heavy atom. The molecule has 0 spiro atoms. The molecule has 0 radical (unpaired) electrons. The van der Waals surface area contributed by atoms with Gasteiger partial charge in [0.2, 0.25) is 0 Å². The fourth-order valence-corrected chi connectivity index (χ4v) is 3.54. The summed E-state index contributed by atoms with van der Waals surface area (Å²) in [7, 11) is 0. The van der Waals surface area contributed by atoms with Crippen LogP contribution < -0.4 is 5.32 Å². The molecule has 1 nitrogen and oxygen atoms in total. The summed E-state index contributed by atoms with van der Waals surface area (Å²) in [6.07, 6.45) is 2.26. The highest BCUT2D eigenvalue weighted by Gasteiger charge is 2.17. The summed E-state index contributed by atoms with van der Waals surface area (Å²) < 4.78 is 0. The van der Waals surface area contributed by atoms with Gasteiger partial charge >= 0.3 is 0 Å². The minimum absolute atomic E-state index is 0.325. The normalized spacial score (nSPS) is 12.6. The van der Waals surface area contributed by atoms with Gasteiger partial charge in [0.1, 0.15) is 0 Å². The maximum Gasteiger partial charge on any atom is 0.0587 e. The van der Waals surface area contributed by atoms with Crippen LogP contribution in [0.1, 0.15) is 52.8 Å². The molecule has 108 valence electrons. The third kappa shape index (κ3) is 3.50. The van der Waals surface area contributed by atoms with E-state index in [-0.39, 0.29) is 0 Å². The van der Waals surface area contributed by atoms with Crippen molar-refractivity contribution in [3.8, 4) is 0 Å². The van der Waals surface area contributed by atoms with Crippen LogP contribution in [0.15, 0.2) is 30.3 Å². The van der Waals surface area contributed by atoms with Gasteiger partial charge in [-0.1, -0.05) is 38.1 Å². The lowest BCUT2D eigenvalue weighted by atomic mass is 9.97. The van der Waals surface area contributed by atoms with E-state index in [0.29, 0.717) is 6.04 Å². The summed E-state index contributed by atoms with van der Waals surface area (Å²) in [6.45, 7) is 9.89. The summed E-state index contributed by atoms with van der Waals surface area (Å²) in [5.41, 5.74) is 4.21. The van der Waals surface area contributed by atoms with Gasteiger partial charge in [0.05, 0.1) is 6.04 Å². The average molecular weight is 287 g/mol. The fraction of sp³-hybridized carbons (Fsp3) is 0.444. The van der Waals surface area contributed by atoms with Crippen LogP contribution in [0.4, 0.5) is 0 Å². The van der Waals surface area contributed by atoms with Gasteiger partial charge in [-0.25, -0.2) is 0 Å². The quantitative estimate of drug-likeness (QED) is 0.787. The topological polar surface area (TPSA) is 12.0 Å². The smallest absolute Gasteiger partial charge is 0.0587 e. The molecule has 0 saturated heterocycles. The maximum absolute atomic E-state index is 3.70. The standard InChI is InChI=1S/C18H25NS/c1-5-11-19-18(17-12-13(3)20-14(17)4)16-9-7-15(6-2)8-10-16/h7-10,12,18-19H,5-6,11H2,1-4H3. The van der Waals surface area contributed by atoms with Crippen molar-refractivity contribution in [1.29, 1.82) is 0 Å². The number of hydrogen-bond donors (Lipinski definition) is 1. The summed E-state index contributed by atoms with van der Waals surface area (Å²) in [6, 6.07) is 11.7. The van der Waals surface area contributed by atoms with E-state index >= 15 is 0 Å². The highest BCUT2D eigenvalue weighted by molar-refractivity contribution is 7.12. The number of nitrogens with one attached hydrogen (secondary N) is 1. The Bertz CT molecular complexity index is 539. The first-order valence-electron chi connectivity index (χ1n) is 7.54. The third-order valence-electron chi connectivity index (χ3n) is 3.71. The summed E-state index contributed by atoms with van der Waals surface area (Å²) in [5, 5.41) is 3.70. The fourth-order valence-electron chi connectivity index (χ4n) is 2.58. The molecule has 2 aromatic rings. The molecule has 0 aliphatic carbocycles. The lowest BCUT2D eigenvalue weighted by Crippen LogP contribution is -2.23. The Kier molecular flexibility index (Phi) is 5.38. The van der Waals surface area contributed by atoms with Crippen LogP contribution in [0.3, 0.4) is 0 Å². The van der Waals surface area contributed by atoms with E-state index in [2.05, 4.69) is 63.3 Å². The molecule has 1 atom stereocenters. The number of thiophene rings is 1. The van der Waals surface area contributed by atoms with Crippen LogP contribution >= 0.6 is 11.3 Å². The van der Waals surface area contributed by atoms with Gasteiger partial charge in [-0.2, -0.15) is 0 Å². The zero-order valence-corrected chi connectivity index (χ0v) is 13.8. The molecule has 0 bridgehead atoms. The second-order valence-corrected chi connectivity index (χ2v) is 6.81. The highest BCUT2D eigenvalue weighted by atomic mass is 32.1. The van der Waals surface area contributed by atoms with Crippen LogP contribution in [-0.4, -0.2) is 6.54 Å². The van der Waals surface area contributed by atoms with Crippen molar-refractivity contribution >= 4 is 11.3 Å². The first kappa shape index (κ1) is 15.3. The Labute approximate surface area is 127 Å². The highest BCUT2D eigenvalue weighted by Crippen LogP contribution is 2.30. The number of hydrogen-bond acceptors (Lipinski definition) is 2. The zero-order valence-electron chi connectivity index (χ0n) is 13.0. The van der Waals surface area contributed by atoms with Crippen molar-refractivity contribution in [2.45, 2.75) is 46.6 Å². The molecule has 1 heterocycles. The van der Waals surface area contributed by atoms with E-state index in [1.807, 2.05) is 11.3 Å². The largest absolute Gasteiger partial charge is 0.306 e. The van der Waals surface area contributed by atoms with E-state index < -0.39 is 0 Å². The lowest BCUT2D eigenvalue weighted by Gasteiger charge is -2.19. The monoisotopic (exact) mass is 287 g/mol. The second-order valence-electron chi connectivity index (χ2n) is 5.35. The van der Waals surface area contributed by atoms with Gasteiger partial charge in [0.15, 0.2) is 0 Å². The van der Waals surface area contributed by atoms with E-state index in [4.69, 9.17) is 0 Å². The molecular formula is C18H25NS. The number of benzene rings is 1. The second kappa shape index (κ2) is 7.05. The van der Waals surface area contributed by atoms with E-state index in [1.54, 1.807) is 0 Å². The molecule has 1 aromatic carbocycles. The molecule has 0 saturated carbocycles. The molecule has 0 amide bonds. The van der Waals surface area contributed by atoms with Crippen LogP contribution in [0.5, 0.6) is 0 Å². The third-order valence-corrected chi connectivity index (χ3v) is 4.69. The average Bonchev–Trinajstić information content (AvgIpc) is 2.79. The summed E-state index contributed by atoms with van der Waals surface area (Å²) >= 11 is 1.89. The first-order chi connectivity index (χ1) is 9.65. The van der Waals surface area contributed by atoms with Gasteiger partial charge in [-0.05, 0) is 56.0 Å². The molecule has 0 aliphatic rings. The lowest BCUT2D eigenvalue weighted by molar-refractivity contribution is 0.598. The Hall–Kier alpha value is -1.12. The number of aryl methyl sites for hydroxylation is 3. The number of rotatable bonds is 6.